The van der Waals surface area contributed by atoms with Gasteiger partial charge in [0.05, 0.1) is 42.4 Å². The summed E-state index contributed by atoms with van der Waals surface area (Å²) in [5, 5.41) is 42.6. The molecule has 0 radical (unpaired) electrons. The highest BCUT2D eigenvalue weighted by Gasteiger charge is 2.57. The number of hydrogen-bond donors (Lipinski definition) is 4. The van der Waals surface area contributed by atoms with Crippen molar-refractivity contribution in [2.45, 2.75) is 24.4 Å². The van der Waals surface area contributed by atoms with Crippen LogP contribution >= 0.6 is 0 Å². The third-order valence-electron chi connectivity index (χ3n) is 7.17. The summed E-state index contributed by atoms with van der Waals surface area (Å²) in [5.74, 6) is -0.440. The summed E-state index contributed by atoms with van der Waals surface area (Å²) in [7, 11) is 0. The molecule has 0 aliphatic carbocycles. The maximum Gasteiger partial charge on any atom is 0.425 e. The molecule has 12 heteroatoms. The molecular formula is C29H23F4N5O3. The molecule has 4 N–H and O–H groups in total. The Morgan fingerprint density at radius 3 is 2.41 bits per heavy atom. The summed E-state index contributed by atoms with van der Waals surface area (Å²) < 4.78 is 61.0. The van der Waals surface area contributed by atoms with Gasteiger partial charge in [-0.3, -0.25) is 5.10 Å². The van der Waals surface area contributed by atoms with E-state index in [0.29, 0.717) is 33.4 Å². The van der Waals surface area contributed by atoms with Gasteiger partial charge in [0.25, 0.3) is 0 Å². The molecule has 210 valence electrons. The number of aromatic nitrogens is 5. The second-order valence-electron chi connectivity index (χ2n) is 9.75. The second kappa shape index (κ2) is 9.84. The van der Waals surface area contributed by atoms with Crippen LogP contribution in [-0.4, -0.2) is 58.8 Å². The highest BCUT2D eigenvalue weighted by molar-refractivity contribution is 5.90. The number of fused-ring (bicyclic) bond motifs is 2. The van der Waals surface area contributed by atoms with Gasteiger partial charge in [-0.1, -0.05) is 18.2 Å². The highest BCUT2D eigenvalue weighted by Crippen LogP contribution is 2.48. The average molecular weight is 566 g/mol. The number of rotatable bonds is 7. The number of halogens is 4. The van der Waals surface area contributed by atoms with Crippen molar-refractivity contribution in [3.8, 4) is 16.9 Å². The van der Waals surface area contributed by atoms with Gasteiger partial charge >= 0.3 is 6.18 Å². The van der Waals surface area contributed by atoms with Gasteiger partial charge < -0.3 is 19.9 Å². The Balaban J connectivity index is 1.53. The van der Waals surface area contributed by atoms with Gasteiger partial charge in [-0.25, -0.2) is 9.07 Å². The molecule has 0 amide bonds. The third kappa shape index (κ3) is 4.46. The van der Waals surface area contributed by atoms with Crippen molar-refractivity contribution < 1.29 is 32.9 Å². The molecule has 0 bridgehead atoms. The molecule has 2 atom stereocenters. The van der Waals surface area contributed by atoms with Crippen molar-refractivity contribution in [3.63, 3.8) is 0 Å². The van der Waals surface area contributed by atoms with Crippen LogP contribution in [0.1, 0.15) is 11.1 Å². The standard InChI is InChI=1S/C29H23F4N5O3/c30-20-3-5-21(6-4-20)38-26-8-2-19(11-18(26)13-35-38)28(41,29(31,32)33)24-15-37(14-22(40)16-39)27-12-17(1-7-23(24)27)25-9-10-34-36-25/h1-13,15,22,39-41H,14,16H2,(H,34,36). The Morgan fingerprint density at radius 1 is 0.951 bits per heavy atom. The molecule has 3 aromatic carbocycles. The van der Waals surface area contributed by atoms with Gasteiger partial charge in [-0.15, -0.1) is 0 Å². The first-order valence-electron chi connectivity index (χ1n) is 12.6. The van der Waals surface area contributed by atoms with E-state index in [1.54, 1.807) is 18.2 Å². The topological polar surface area (TPSA) is 112 Å². The first kappa shape index (κ1) is 26.7. The van der Waals surface area contributed by atoms with Gasteiger partial charge in [-0.2, -0.15) is 23.4 Å². The highest BCUT2D eigenvalue weighted by atomic mass is 19.4. The number of nitrogens with one attached hydrogen (secondary N) is 1. The lowest BCUT2D eigenvalue weighted by Crippen LogP contribution is -2.43. The van der Waals surface area contributed by atoms with Crippen LogP contribution in [0.25, 0.3) is 38.8 Å². The molecule has 8 nitrogen and oxygen atoms in total. The molecule has 0 spiro atoms. The lowest BCUT2D eigenvalue weighted by atomic mass is 9.84. The first-order valence-corrected chi connectivity index (χ1v) is 12.6. The predicted octanol–water partition coefficient (Wildman–Crippen LogP) is 4.66. The molecule has 0 saturated heterocycles. The van der Waals surface area contributed by atoms with Crippen molar-refractivity contribution in [3.05, 3.63) is 102 Å². The molecule has 0 aliphatic heterocycles. The normalized spacial score (nSPS) is 14.5. The predicted molar refractivity (Wildman–Crippen MR) is 143 cm³/mol. The summed E-state index contributed by atoms with van der Waals surface area (Å²) >= 11 is 0. The number of aliphatic hydroxyl groups is 3. The van der Waals surface area contributed by atoms with Crippen LogP contribution in [0.2, 0.25) is 0 Å². The molecule has 41 heavy (non-hydrogen) atoms. The van der Waals surface area contributed by atoms with E-state index in [2.05, 4.69) is 15.3 Å². The van der Waals surface area contributed by atoms with Crippen molar-refractivity contribution in [1.29, 1.82) is 0 Å². The molecule has 6 aromatic rings. The van der Waals surface area contributed by atoms with Crippen LogP contribution in [0.15, 0.2) is 85.3 Å². The minimum atomic E-state index is -5.15. The smallest absolute Gasteiger partial charge is 0.394 e. The van der Waals surface area contributed by atoms with Gasteiger partial charge in [0.1, 0.15) is 5.82 Å². The Bertz CT molecular complexity index is 1840. The minimum Gasteiger partial charge on any atom is -0.394 e. The van der Waals surface area contributed by atoms with E-state index in [0.717, 1.165) is 6.20 Å². The van der Waals surface area contributed by atoms with Gasteiger partial charge in [-0.05, 0) is 54.1 Å². The van der Waals surface area contributed by atoms with E-state index in [9.17, 15) is 32.9 Å². The van der Waals surface area contributed by atoms with Crippen LogP contribution in [-0.2, 0) is 12.1 Å². The Labute approximate surface area is 229 Å². The van der Waals surface area contributed by atoms with Crippen molar-refractivity contribution in [2.75, 3.05) is 6.61 Å². The number of aromatic amines is 1. The summed E-state index contributed by atoms with van der Waals surface area (Å²) in [5.41, 5.74) is -1.78. The average Bonchev–Trinajstić information content (AvgIpc) is 3.71. The SMILES string of the molecule is OCC(O)Cn1cc(C(O)(c2ccc3c(cnn3-c3ccc(F)cc3)c2)C(F)(F)F)c2ccc(-c3ccn[nH]3)cc21. The van der Waals surface area contributed by atoms with Crippen LogP contribution in [0.5, 0.6) is 0 Å². The lowest BCUT2D eigenvalue weighted by molar-refractivity contribution is -0.247. The van der Waals surface area contributed by atoms with Crippen LogP contribution in [0.3, 0.4) is 0 Å². The molecule has 0 aliphatic rings. The fraction of sp³-hybridized carbons (Fsp3) is 0.172. The monoisotopic (exact) mass is 565 g/mol. The zero-order chi connectivity index (χ0) is 28.9. The maximum absolute atomic E-state index is 14.9. The Morgan fingerprint density at radius 2 is 1.73 bits per heavy atom. The van der Waals surface area contributed by atoms with E-state index in [-0.39, 0.29) is 11.9 Å². The summed E-state index contributed by atoms with van der Waals surface area (Å²) in [4.78, 5) is 0. The minimum absolute atomic E-state index is 0.111. The third-order valence-corrected chi connectivity index (χ3v) is 7.17. The van der Waals surface area contributed by atoms with Crippen molar-refractivity contribution in [2.24, 2.45) is 0 Å². The van der Waals surface area contributed by atoms with Crippen molar-refractivity contribution >= 4 is 21.8 Å². The van der Waals surface area contributed by atoms with Gasteiger partial charge in [0.15, 0.2) is 0 Å². The fourth-order valence-electron chi connectivity index (χ4n) is 5.12. The Kier molecular flexibility index (Phi) is 6.40. The summed E-state index contributed by atoms with van der Waals surface area (Å²) in [6.07, 6.45) is -2.33. The fourth-order valence-corrected chi connectivity index (χ4v) is 5.12. The molecule has 0 fully saturated rings. The van der Waals surface area contributed by atoms with Gasteiger partial charge in [0, 0.05) is 39.8 Å². The van der Waals surface area contributed by atoms with E-state index >= 15 is 0 Å². The number of alkyl halides is 3. The number of benzene rings is 3. The first-order chi connectivity index (χ1) is 19.6. The molecule has 0 saturated carbocycles. The summed E-state index contributed by atoms with van der Waals surface area (Å²) in [6.45, 7) is -0.815. The number of hydrogen-bond acceptors (Lipinski definition) is 5. The molecule has 3 heterocycles. The van der Waals surface area contributed by atoms with Crippen LogP contribution in [0, 0.1) is 5.82 Å². The quantitative estimate of drug-likeness (QED) is 0.211. The molecule has 3 aromatic heterocycles. The van der Waals surface area contributed by atoms with E-state index in [1.807, 2.05) is 0 Å². The van der Waals surface area contributed by atoms with E-state index < -0.39 is 41.4 Å². The molecule has 6 rings (SSSR count). The lowest BCUT2D eigenvalue weighted by Gasteiger charge is -2.31. The zero-order valence-electron chi connectivity index (χ0n) is 21.2. The van der Waals surface area contributed by atoms with Gasteiger partial charge in [0.2, 0.25) is 5.60 Å². The number of nitrogens with zero attached hydrogens (tertiary/aromatic N) is 4. The number of H-pyrrole nitrogens is 1. The Hall–Kier alpha value is -4.52. The van der Waals surface area contributed by atoms with E-state index in [4.69, 9.17) is 0 Å². The van der Waals surface area contributed by atoms with Crippen LogP contribution in [0.4, 0.5) is 17.6 Å². The molecule has 2 unspecified atom stereocenters. The number of aliphatic hydroxyl groups excluding tert-OH is 2. The summed E-state index contributed by atoms with van der Waals surface area (Å²) in [6, 6.07) is 15.7. The molecular weight excluding hydrogens is 542 g/mol. The largest absolute Gasteiger partial charge is 0.425 e. The zero-order valence-corrected chi connectivity index (χ0v) is 21.2. The maximum atomic E-state index is 14.9. The van der Waals surface area contributed by atoms with E-state index in [1.165, 1.54) is 70.2 Å². The van der Waals surface area contributed by atoms with Crippen molar-refractivity contribution in [1.82, 2.24) is 24.5 Å². The second-order valence-corrected chi connectivity index (χ2v) is 9.75. The van der Waals surface area contributed by atoms with Crippen LogP contribution < -0.4 is 0 Å².